The highest BCUT2D eigenvalue weighted by molar-refractivity contribution is 5.94. The maximum atomic E-state index is 12.2. The summed E-state index contributed by atoms with van der Waals surface area (Å²) in [4.78, 5) is 17.4. The minimum Gasteiger partial charge on any atom is -0.486 e. The summed E-state index contributed by atoms with van der Waals surface area (Å²) in [6.45, 7) is 4.68. The van der Waals surface area contributed by atoms with Gasteiger partial charge in [0, 0.05) is 11.8 Å². The maximum absolute atomic E-state index is 12.2. The molecule has 1 N–H and O–H groups in total. The molecule has 0 saturated heterocycles. The Balaban J connectivity index is 1.54. The summed E-state index contributed by atoms with van der Waals surface area (Å²) in [7, 11) is 0. The topological polar surface area (TPSA) is 69.2 Å². The van der Waals surface area contributed by atoms with Crippen molar-refractivity contribution in [2.75, 3.05) is 18.5 Å². The number of carbonyl (C=O) groups is 1. The Morgan fingerprint density at radius 3 is 2.64 bits per heavy atom. The number of hydrogen-bond donors (Lipinski definition) is 1. The zero-order valence-electron chi connectivity index (χ0n) is 14.2. The minimum absolute atomic E-state index is 0.294. The summed E-state index contributed by atoms with van der Waals surface area (Å²) in [5, 5.41) is 6.65. The van der Waals surface area contributed by atoms with Gasteiger partial charge >= 0.3 is 0 Å². The molecule has 0 fully saturated rings. The minimum atomic E-state index is -0.727. The molecule has 25 heavy (non-hydrogen) atoms. The first-order valence-corrected chi connectivity index (χ1v) is 8.08. The van der Waals surface area contributed by atoms with Gasteiger partial charge in [-0.2, -0.15) is 0 Å². The zero-order chi connectivity index (χ0) is 17.6. The van der Waals surface area contributed by atoms with Gasteiger partial charge in [0.15, 0.2) is 11.5 Å². The van der Waals surface area contributed by atoms with E-state index in [9.17, 15) is 4.79 Å². The second-order valence-corrected chi connectivity index (χ2v) is 5.74. The average molecular weight is 340 g/mol. The number of amides is 1. The van der Waals surface area contributed by atoms with E-state index in [0.29, 0.717) is 30.4 Å². The third kappa shape index (κ3) is 4.50. The number of carbonyl (C=O) groups excluding carboxylic acids is 1. The Morgan fingerprint density at radius 1 is 1.16 bits per heavy atom. The first-order chi connectivity index (χ1) is 12.1. The largest absolute Gasteiger partial charge is 0.486 e. The molecule has 130 valence electrons. The van der Waals surface area contributed by atoms with Crippen LogP contribution in [0.1, 0.15) is 18.1 Å². The predicted molar refractivity (Wildman–Crippen MR) is 95.4 cm³/mol. The van der Waals surface area contributed by atoms with Crippen molar-refractivity contribution < 1.29 is 19.1 Å². The molecule has 0 aliphatic carbocycles. The molecule has 3 rings (SSSR count). The lowest BCUT2D eigenvalue weighted by Gasteiger charge is -2.19. The lowest BCUT2D eigenvalue weighted by molar-refractivity contribution is -0.126. The number of benzene rings is 2. The van der Waals surface area contributed by atoms with Gasteiger partial charge in [0.05, 0.1) is 6.21 Å². The molecule has 1 aliphatic heterocycles. The Labute approximate surface area is 146 Å². The second kappa shape index (κ2) is 7.70. The molecule has 0 saturated carbocycles. The first-order valence-electron chi connectivity index (χ1n) is 8.08. The summed E-state index contributed by atoms with van der Waals surface area (Å²) in [6, 6.07) is 13.1. The van der Waals surface area contributed by atoms with E-state index in [4.69, 9.17) is 14.3 Å². The van der Waals surface area contributed by atoms with Crippen LogP contribution in [-0.4, -0.2) is 31.4 Å². The van der Waals surface area contributed by atoms with Gasteiger partial charge in [-0.1, -0.05) is 35.0 Å². The fourth-order valence-electron chi connectivity index (χ4n) is 2.25. The molecule has 2 aromatic carbocycles. The quantitative estimate of drug-likeness (QED) is 0.671. The van der Waals surface area contributed by atoms with Crippen molar-refractivity contribution in [3.63, 3.8) is 0 Å². The first kappa shape index (κ1) is 16.8. The molecule has 1 heterocycles. The third-order valence-corrected chi connectivity index (χ3v) is 3.68. The Morgan fingerprint density at radius 2 is 1.88 bits per heavy atom. The zero-order valence-corrected chi connectivity index (χ0v) is 14.2. The molecule has 6 heteroatoms. The van der Waals surface area contributed by atoms with E-state index in [1.807, 2.05) is 31.2 Å². The van der Waals surface area contributed by atoms with E-state index >= 15 is 0 Å². The summed E-state index contributed by atoms with van der Waals surface area (Å²) in [5.74, 6) is 1.00. The van der Waals surface area contributed by atoms with Crippen molar-refractivity contribution >= 4 is 17.8 Å². The van der Waals surface area contributed by atoms with Crippen LogP contribution in [0.2, 0.25) is 0 Å². The number of oxime groups is 1. The van der Waals surface area contributed by atoms with Gasteiger partial charge in [-0.15, -0.1) is 0 Å². The highest BCUT2D eigenvalue weighted by atomic mass is 16.6. The van der Waals surface area contributed by atoms with Crippen LogP contribution in [0.5, 0.6) is 11.5 Å². The van der Waals surface area contributed by atoms with Crippen molar-refractivity contribution in [1.82, 2.24) is 0 Å². The lowest BCUT2D eigenvalue weighted by Crippen LogP contribution is -2.26. The molecule has 2 aromatic rings. The van der Waals surface area contributed by atoms with Crippen LogP contribution in [-0.2, 0) is 9.63 Å². The van der Waals surface area contributed by atoms with Gasteiger partial charge in [0.2, 0.25) is 6.10 Å². The van der Waals surface area contributed by atoms with Crippen LogP contribution in [0.4, 0.5) is 5.69 Å². The van der Waals surface area contributed by atoms with E-state index in [-0.39, 0.29) is 5.91 Å². The summed E-state index contributed by atoms with van der Waals surface area (Å²) in [5.41, 5.74) is 2.70. The van der Waals surface area contributed by atoms with E-state index in [1.165, 1.54) is 5.56 Å². The van der Waals surface area contributed by atoms with Crippen LogP contribution in [0.3, 0.4) is 0 Å². The Kier molecular flexibility index (Phi) is 5.18. The molecule has 0 bridgehead atoms. The van der Waals surface area contributed by atoms with Crippen LogP contribution in [0.15, 0.2) is 47.6 Å². The monoisotopic (exact) mass is 340 g/mol. The average Bonchev–Trinajstić information content (AvgIpc) is 2.63. The molecule has 6 nitrogen and oxygen atoms in total. The van der Waals surface area contributed by atoms with Crippen LogP contribution < -0.4 is 14.8 Å². The second-order valence-electron chi connectivity index (χ2n) is 5.74. The van der Waals surface area contributed by atoms with Gasteiger partial charge in [-0.25, -0.2) is 0 Å². The standard InChI is InChI=1S/C19H20N2O4/c1-13-3-5-15(6-4-13)12-20-25-14(2)19(22)21-16-7-8-17-18(11-16)24-10-9-23-17/h3-8,11-12,14H,9-10H2,1-2H3,(H,21,22)/b20-12-/t14-/m1/s1. The number of nitrogens with one attached hydrogen (secondary N) is 1. The third-order valence-electron chi connectivity index (χ3n) is 3.68. The number of rotatable bonds is 5. The maximum Gasteiger partial charge on any atom is 0.267 e. The number of fused-ring (bicyclic) bond motifs is 1. The SMILES string of the molecule is Cc1ccc(/C=N\O[C@H](C)C(=O)Nc2ccc3c(c2)OCCO3)cc1. The van der Waals surface area contributed by atoms with Crippen molar-refractivity contribution in [3.8, 4) is 11.5 Å². The molecule has 0 aromatic heterocycles. The van der Waals surface area contributed by atoms with Gasteiger partial charge < -0.3 is 19.6 Å². The van der Waals surface area contributed by atoms with Gasteiger partial charge in [0.1, 0.15) is 13.2 Å². The van der Waals surface area contributed by atoms with Crippen LogP contribution in [0, 0.1) is 6.92 Å². The molecular weight excluding hydrogens is 320 g/mol. The van der Waals surface area contributed by atoms with Gasteiger partial charge in [-0.3, -0.25) is 4.79 Å². The van der Waals surface area contributed by atoms with Crippen molar-refractivity contribution in [1.29, 1.82) is 0 Å². The van der Waals surface area contributed by atoms with Crippen molar-refractivity contribution in [3.05, 3.63) is 53.6 Å². The van der Waals surface area contributed by atoms with Crippen molar-refractivity contribution in [2.45, 2.75) is 20.0 Å². The molecule has 1 atom stereocenters. The van der Waals surface area contributed by atoms with E-state index in [2.05, 4.69) is 10.5 Å². The molecule has 1 amide bonds. The van der Waals surface area contributed by atoms with Crippen LogP contribution >= 0.6 is 0 Å². The van der Waals surface area contributed by atoms with E-state index < -0.39 is 6.10 Å². The molecule has 1 aliphatic rings. The number of ether oxygens (including phenoxy) is 2. The van der Waals surface area contributed by atoms with Crippen LogP contribution in [0.25, 0.3) is 0 Å². The van der Waals surface area contributed by atoms with Gasteiger partial charge in [0.25, 0.3) is 5.91 Å². The number of anilines is 1. The Hall–Kier alpha value is -3.02. The molecule has 0 unspecified atom stereocenters. The van der Waals surface area contributed by atoms with Gasteiger partial charge in [-0.05, 0) is 31.5 Å². The normalized spacial score (nSPS) is 14.2. The Bertz CT molecular complexity index is 771. The summed E-state index contributed by atoms with van der Waals surface area (Å²) < 4.78 is 10.9. The summed E-state index contributed by atoms with van der Waals surface area (Å²) >= 11 is 0. The summed E-state index contributed by atoms with van der Waals surface area (Å²) in [6.07, 6.45) is 0.850. The molecular formula is C19H20N2O4. The fraction of sp³-hybridized carbons (Fsp3) is 0.263. The van der Waals surface area contributed by atoms with E-state index in [0.717, 1.165) is 5.56 Å². The highest BCUT2D eigenvalue weighted by Gasteiger charge is 2.17. The fourth-order valence-corrected chi connectivity index (χ4v) is 2.25. The highest BCUT2D eigenvalue weighted by Crippen LogP contribution is 2.32. The number of hydrogen-bond acceptors (Lipinski definition) is 5. The smallest absolute Gasteiger partial charge is 0.267 e. The van der Waals surface area contributed by atoms with Crippen molar-refractivity contribution in [2.24, 2.45) is 5.16 Å². The predicted octanol–water partition coefficient (Wildman–Crippen LogP) is 3.14. The lowest BCUT2D eigenvalue weighted by atomic mass is 10.2. The van der Waals surface area contributed by atoms with E-state index in [1.54, 1.807) is 31.3 Å². The number of aryl methyl sites for hydroxylation is 1. The number of nitrogens with zero attached hydrogens (tertiary/aromatic N) is 1. The molecule has 0 radical (unpaired) electrons. The molecule has 0 spiro atoms.